The molecule has 4 rings (SSSR count). The third kappa shape index (κ3) is 4.74. The minimum absolute atomic E-state index is 0.00225. The lowest BCUT2D eigenvalue weighted by Crippen LogP contribution is -2.11. The van der Waals surface area contributed by atoms with Gasteiger partial charge in [0.05, 0.1) is 15.5 Å². The van der Waals surface area contributed by atoms with Gasteiger partial charge in [-0.15, -0.1) is 0 Å². The van der Waals surface area contributed by atoms with Crippen LogP contribution in [0.2, 0.25) is 10.0 Å². The smallest absolute Gasteiger partial charge is 0.269 e. The second-order valence-corrected chi connectivity index (χ2v) is 8.34. The Labute approximate surface area is 191 Å². The van der Waals surface area contributed by atoms with Gasteiger partial charge in [0.2, 0.25) is 0 Å². The fourth-order valence-corrected chi connectivity index (χ4v) is 4.12. The van der Waals surface area contributed by atoms with E-state index >= 15 is 0 Å². The van der Waals surface area contributed by atoms with Crippen LogP contribution in [0.15, 0.2) is 72.8 Å². The van der Waals surface area contributed by atoms with Gasteiger partial charge in [-0.1, -0.05) is 46.7 Å². The lowest BCUT2D eigenvalue weighted by Gasteiger charge is -2.03. The van der Waals surface area contributed by atoms with Crippen molar-refractivity contribution in [3.05, 3.63) is 98.5 Å². The van der Waals surface area contributed by atoms with E-state index in [0.29, 0.717) is 26.4 Å². The van der Waals surface area contributed by atoms with Gasteiger partial charge in [0.1, 0.15) is 0 Å². The first-order valence-corrected chi connectivity index (χ1v) is 10.6. The highest BCUT2D eigenvalue weighted by molar-refractivity contribution is 7.19. The van der Waals surface area contributed by atoms with Crippen LogP contribution in [-0.2, 0) is 0 Å². The highest BCUT2D eigenvalue weighted by Crippen LogP contribution is 2.40. The molecule has 1 amide bonds. The molecule has 0 aliphatic heterocycles. The number of hydrogen-bond donors (Lipinski definition) is 1. The molecule has 0 saturated heterocycles. The maximum Gasteiger partial charge on any atom is 0.269 e. The van der Waals surface area contributed by atoms with E-state index in [1.807, 2.05) is 12.1 Å². The van der Waals surface area contributed by atoms with Crippen molar-refractivity contribution in [2.45, 2.75) is 0 Å². The number of rotatable bonds is 5. The predicted octanol–water partition coefficient (Wildman–Crippen LogP) is 6.94. The summed E-state index contributed by atoms with van der Waals surface area (Å²) < 4.78 is 0. The van der Waals surface area contributed by atoms with E-state index in [2.05, 4.69) is 10.3 Å². The zero-order chi connectivity index (χ0) is 22.0. The highest BCUT2D eigenvalue weighted by Gasteiger charge is 2.18. The number of carbonyl (C=O) groups excluding carboxylic acids is 1. The molecule has 154 valence electrons. The minimum Gasteiger partial charge on any atom is -0.298 e. The number of halogens is 2. The predicted molar refractivity (Wildman–Crippen MR) is 124 cm³/mol. The zero-order valence-electron chi connectivity index (χ0n) is 15.7. The van der Waals surface area contributed by atoms with E-state index in [0.717, 1.165) is 16.0 Å². The first-order valence-electron chi connectivity index (χ1n) is 8.99. The van der Waals surface area contributed by atoms with Crippen LogP contribution in [0.3, 0.4) is 0 Å². The quantitative estimate of drug-likeness (QED) is 0.253. The minimum atomic E-state index is -0.450. The number of aromatic nitrogens is 1. The summed E-state index contributed by atoms with van der Waals surface area (Å²) in [6.45, 7) is 0. The van der Waals surface area contributed by atoms with E-state index in [-0.39, 0.29) is 11.6 Å². The molecule has 0 aliphatic carbocycles. The van der Waals surface area contributed by atoms with Gasteiger partial charge in [0.25, 0.3) is 11.6 Å². The lowest BCUT2D eigenvalue weighted by molar-refractivity contribution is -0.384. The normalized spacial score (nSPS) is 10.6. The summed E-state index contributed by atoms with van der Waals surface area (Å²) in [6, 6.07) is 19.9. The molecular formula is C22H13Cl2N3O3S. The van der Waals surface area contributed by atoms with Crippen LogP contribution in [0.25, 0.3) is 21.7 Å². The van der Waals surface area contributed by atoms with Crippen LogP contribution >= 0.6 is 34.5 Å². The number of carbonyl (C=O) groups is 1. The van der Waals surface area contributed by atoms with Crippen LogP contribution in [-0.4, -0.2) is 15.8 Å². The van der Waals surface area contributed by atoms with E-state index < -0.39 is 4.92 Å². The Hall–Kier alpha value is -3.26. The second kappa shape index (κ2) is 8.85. The SMILES string of the molecule is O=C(Nc1nc(-c2ccc(Cl)cc2)c(-c2ccc([N+](=O)[O-])cc2)s1)c1ccc(Cl)cc1. The maximum absolute atomic E-state index is 12.6. The molecule has 0 unspecified atom stereocenters. The number of benzene rings is 3. The highest BCUT2D eigenvalue weighted by atomic mass is 35.5. The summed E-state index contributed by atoms with van der Waals surface area (Å²) in [6.07, 6.45) is 0. The fourth-order valence-electron chi connectivity index (χ4n) is 2.88. The topological polar surface area (TPSA) is 85.1 Å². The van der Waals surface area contributed by atoms with Crippen molar-refractivity contribution >= 4 is 51.3 Å². The summed E-state index contributed by atoms with van der Waals surface area (Å²) in [4.78, 5) is 28.5. The zero-order valence-corrected chi connectivity index (χ0v) is 18.0. The van der Waals surface area contributed by atoms with E-state index in [9.17, 15) is 14.9 Å². The third-order valence-corrected chi connectivity index (χ3v) is 5.94. The molecule has 1 aromatic heterocycles. The van der Waals surface area contributed by atoms with Gasteiger partial charge >= 0.3 is 0 Å². The molecule has 0 fully saturated rings. The van der Waals surface area contributed by atoms with Crippen LogP contribution in [0.4, 0.5) is 10.8 Å². The average molecular weight is 470 g/mol. The fraction of sp³-hybridized carbons (Fsp3) is 0. The Morgan fingerprint density at radius 3 is 2.00 bits per heavy atom. The summed E-state index contributed by atoms with van der Waals surface area (Å²) in [5, 5.41) is 15.3. The van der Waals surface area contributed by atoms with Crippen LogP contribution in [0, 0.1) is 10.1 Å². The molecule has 31 heavy (non-hydrogen) atoms. The molecule has 0 spiro atoms. The number of nitrogens with one attached hydrogen (secondary N) is 1. The molecule has 0 atom stereocenters. The van der Waals surface area contributed by atoms with Gasteiger partial charge in [-0.3, -0.25) is 20.2 Å². The first kappa shape index (κ1) is 21.0. The van der Waals surface area contributed by atoms with E-state index in [1.165, 1.54) is 23.5 Å². The number of nitrogens with zero attached hydrogens (tertiary/aromatic N) is 2. The van der Waals surface area contributed by atoms with E-state index in [1.54, 1.807) is 48.5 Å². The van der Waals surface area contributed by atoms with Crippen LogP contribution in [0.1, 0.15) is 10.4 Å². The molecule has 0 radical (unpaired) electrons. The molecule has 9 heteroatoms. The number of non-ortho nitro benzene ring substituents is 1. The molecule has 4 aromatic rings. The Balaban J connectivity index is 1.72. The van der Waals surface area contributed by atoms with Gasteiger partial charge in [0.15, 0.2) is 5.13 Å². The van der Waals surface area contributed by atoms with Gasteiger partial charge < -0.3 is 0 Å². The van der Waals surface area contributed by atoms with Crippen molar-refractivity contribution in [1.29, 1.82) is 0 Å². The average Bonchev–Trinajstić information content (AvgIpc) is 3.18. The number of nitro groups is 1. The lowest BCUT2D eigenvalue weighted by atomic mass is 10.1. The Morgan fingerprint density at radius 1 is 0.871 bits per heavy atom. The van der Waals surface area contributed by atoms with Crippen molar-refractivity contribution in [1.82, 2.24) is 4.98 Å². The van der Waals surface area contributed by atoms with Crippen LogP contribution in [0.5, 0.6) is 0 Å². The standard InChI is InChI=1S/C22H13Cl2N3O3S/c23-16-7-1-13(2-8-16)19-20(14-5-11-18(12-6-14)27(29)30)31-22(25-19)26-21(28)15-3-9-17(24)10-4-15/h1-12H,(H,25,26,28). The number of amides is 1. The number of hydrogen-bond acceptors (Lipinski definition) is 5. The summed E-state index contributed by atoms with van der Waals surface area (Å²) in [5.41, 5.74) is 2.64. The molecule has 3 aromatic carbocycles. The molecule has 0 bridgehead atoms. The molecule has 1 heterocycles. The molecule has 1 N–H and O–H groups in total. The van der Waals surface area contributed by atoms with Crippen molar-refractivity contribution in [2.75, 3.05) is 5.32 Å². The molecule has 6 nitrogen and oxygen atoms in total. The molecular weight excluding hydrogens is 457 g/mol. The monoisotopic (exact) mass is 469 g/mol. The number of nitro benzene ring substituents is 1. The molecule has 0 aliphatic rings. The number of thiazole rings is 1. The summed E-state index contributed by atoms with van der Waals surface area (Å²) >= 11 is 13.2. The summed E-state index contributed by atoms with van der Waals surface area (Å²) in [7, 11) is 0. The van der Waals surface area contributed by atoms with Crippen molar-refractivity contribution in [3.63, 3.8) is 0 Å². The van der Waals surface area contributed by atoms with Gasteiger partial charge in [-0.05, 0) is 54.1 Å². The number of anilines is 1. The second-order valence-electron chi connectivity index (χ2n) is 6.47. The van der Waals surface area contributed by atoms with Gasteiger partial charge in [0, 0.05) is 33.3 Å². The summed E-state index contributed by atoms with van der Waals surface area (Å²) in [5.74, 6) is -0.316. The Bertz CT molecular complexity index is 1250. The van der Waals surface area contributed by atoms with Crippen molar-refractivity contribution in [3.8, 4) is 21.7 Å². The first-order chi connectivity index (χ1) is 14.9. The van der Waals surface area contributed by atoms with Crippen LogP contribution < -0.4 is 5.32 Å². The van der Waals surface area contributed by atoms with Crippen molar-refractivity contribution in [2.24, 2.45) is 0 Å². The van der Waals surface area contributed by atoms with Gasteiger partial charge in [-0.2, -0.15) is 0 Å². The van der Waals surface area contributed by atoms with Gasteiger partial charge in [-0.25, -0.2) is 4.98 Å². The van der Waals surface area contributed by atoms with E-state index in [4.69, 9.17) is 23.2 Å². The van der Waals surface area contributed by atoms with Crippen molar-refractivity contribution < 1.29 is 9.72 Å². The Kier molecular flexibility index (Phi) is 5.99. The third-order valence-electron chi connectivity index (χ3n) is 4.41. The Morgan fingerprint density at radius 2 is 1.42 bits per heavy atom. The largest absolute Gasteiger partial charge is 0.298 e. The maximum atomic E-state index is 12.6. The molecule has 0 saturated carbocycles.